The highest BCUT2D eigenvalue weighted by atomic mass is 35.5. The average Bonchev–Trinajstić information content (AvgIpc) is 2.30. The molecule has 0 spiro atoms. The molecule has 4 nitrogen and oxygen atoms in total. The van der Waals surface area contributed by atoms with Crippen LogP contribution in [0.25, 0.3) is 0 Å². The highest BCUT2D eigenvalue weighted by Crippen LogP contribution is 2.12. The topological polar surface area (TPSA) is 64.3 Å². The number of nitrogens with two attached hydrogens (primary N) is 1. The van der Waals surface area contributed by atoms with Gasteiger partial charge in [-0.2, -0.15) is 0 Å². The second kappa shape index (κ2) is 8.08. The molecule has 102 valence electrons. The van der Waals surface area contributed by atoms with Crippen LogP contribution >= 0.6 is 12.4 Å². The molecule has 3 N–H and O–H groups in total. The molecule has 0 aromatic heterocycles. The van der Waals surface area contributed by atoms with Gasteiger partial charge in [-0.1, -0.05) is 29.8 Å². The molecule has 0 saturated carbocycles. The molecular formula is C13H21ClN2O2. The van der Waals surface area contributed by atoms with E-state index < -0.39 is 6.04 Å². The van der Waals surface area contributed by atoms with Crippen molar-refractivity contribution < 1.29 is 9.53 Å². The number of carbonyl (C=O) groups is 1. The Labute approximate surface area is 114 Å². The number of benzene rings is 1. The summed E-state index contributed by atoms with van der Waals surface area (Å²) in [6.45, 7) is 4.19. The Bertz CT molecular complexity index is 368. The number of hydrogen-bond donors (Lipinski definition) is 2. The minimum Gasteiger partial charge on any atom is -0.383 e. The summed E-state index contributed by atoms with van der Waals surface area (Å²) in [6.07, 6.45) is 0. The van der Waals surface area contributed by atoms with E-state index in [0.29, 0.717) is 0 Å². The summed E-state index contributed by atoms with van der Waals surface area (Å²) in [5, 5.41) is 2.86. The third-order valence-corrected chi connectivity index (χ3v) is 2.62. The molecule has 0 saturated heterocycles. The standard InChI is InChI=1S/C13H20N2O2.ClH/c1-9-4-6-11(7-5-9)10(2)15-13(16)12(14)8-17-3;/h4-7,10,12H,8,14H2,1-3H3,(H,15,16);1H. The van der Waals surface area contributed by atoms with Crippen LogP contribution in [0.4, 0.5) is 0 Å². The van der Waals surface area contributed by atoms with Gasteiger partial charge in [-0.15, -0.1) is 12.4 Å². The van der Waals surface area contributed by atoms with Crippen LogP contribution in [0.3, 0.4) is 0 Å². The van der Waals surface area contributed by atoms with E-state index >= 15 is 0 Å². The Hall–Kier alpha value is -1.10. The summed E-state index contributed by atoms with van der Waals surface area (Å²) in [6, 6.07) is 7.38. The highest BCUT2D eigenvalue weighted by Gasteiger charge is 2.16. The minimum absolute atomic E-state index is 0. The van der Waals surface area contributed by atoms with E-state index in [1.807, 2.05) is 38.1 Å². The van der Waals surface area contributed by atoms with E-state index in [1.54, 1.807) is 0 Å². The lowest BCUT2D eigenvalue weighted by atomic mass is 10.1. The van der Waals surface area contributed by atoms with Crippen LogP contribution in [0.15, 0.2) is 24.3 Å². The second-order valence-electron chi connectivity index (χ2n) is 4.20. The van der Waals surface area contributed by atoms with Crippen LogP contribution in [0.2, 0.25) is 0 Å². The number of ether oxygens (including phenoxy) is 1. The summed E-state index contributed by atoms with van der Waals surface area (Å²) >= 11 is 0. The highest BCUT2D eigenvalue weighted by molar-refractivity contribution is 5.85. The molecule has 1 aromatic carbocycles. The molecule has 2 unspecified atom stereocenters. The number of rotatable bonds is 5. The zero-order chi connectivity index (χ0) is 12.8. The molecule has 0 aliphatic carbocycles. The van der Waals surface area contributed by atoms with Crippen LogP contribution in [0.5, 0.6) is 0 Å². The molecule has 2 atom stereocenters. The van der Waals surface area contributed by atoms with Gasteiger partial charge in [0.05, 0.1) is 12.6 Å². The predicted molar refractivity (Wildman–Crippen MR) is 74.8 cm³/mol. The molecule has 1 rings (SSSR count). The number of aryl methyl sites for hydroxylation is 1. The molecular weight excluding hydrogens is 252 g/mol. The van der Waals surface area contributed by atoms with Crippen molar-refractivity contribution in [1.82, 2.24) is 5.32 Å². The van der Waals surface area contributed by atoms with Gasteiger partial charge < -0.3 is 15.8 Å². The normalized spacial score (nSPS) is 13.3. The fourth-order valence-corrected chi connectivity index (χ4v) is 1.51. The third-order valence-electron chi connectivity index (χ3n) is 2.62. The van der Waals surface area contributed by atoms with E-state index in [-0.39, 0.29) is 31.0 Å². The molecule has 0 bridgehead atoms. The van der Waals surface area contributed by atoms with Gasteiger partial charge in [-0.3, -0.25) is 4.79 Å². The van der Waals surface area contributed by atoms with Crippen LogP contribution < -0.4 is 11.1 Å². The number of methoxy groups -OCH3 is 1. The Balaban J connectivity index is 0.00000289. The van der Waals surface area contributed by atoms with Crippen molar-refractivity contribution in [3.05, 3.63) is 35.4 Å². The van der Waals surface area contributed by atoms with E-state index in [4.69, 9.17) is 10.5 Å². The molecule has 1 amide bonds. The first kappa shape index (κ1) is 16.9. The lowest BCUT2D eigenvalue weighted by Gasteiger charge is -2.17. The number of hydrogen-bond acceptors (Lipinski definition) is 3. The molecule has 0 heterocycles. The fraction of sp³-hybridized carbons (Fsp3) is 0.462. The van der Waals surface area contributed by atoms with Crippen molar-refractivity contribution in [2.24, 2.45) is 5.73 Å². The maximum atomic E-state index is 11.7. The Morgan fingerprint density at radius 2 is 1.94 bits per heavy atom. The summed E-state index contributed by atoms with van der Waals surface area (Å²) in [4.78, 5) is 11.7. The van der Waals surface area contributed by atoms with Crippen molar-refractivity contribution in [3.8, 4) is 0 Å². The Kier molecular flexibility index (Phi) is 7.59. The summed E-state index contributed by atoms with van der Waals surface area (Å²) in [5.41, 5.74) is 7.90. The number of nitrogens with one attached hydrogen (secondary N) is 1. The van der Waals surface area contributed by atoms with Gasteiger partial charge in [0.1, 0.15) is 6.04 Å². The summed E-state index contributed by atoms with van der Waals surface area (Å²) in [7, 11) is 1.52. The summed E-state index contributed by atoms with van der Waals surface area (Å²) in [5.74, 6) is -0.195. The largest absolute Gasteiger partial charge is 0.383 e. The molecule has 5 heteroatoms. The fourth-order valence-electron chi connectivity index (χ4n) is 1.51. The zero-order valence-electron chi connectivity index (χ0n) is 11.0. The van der Waals surface area contributed by atoms with Gasteiger partial charge in [0.2, 0.25) is 5.91 Å². The maximum Gasteiger partial charge on any atom is 0.239 e. The van der Waals surface area contributed by atoms with Crippen molar-refractivity contribution in [3.63, 3.8) is 0 Å². The first-order chi connectivity index (χ1) is 8.04. The van der Waals surface area contributed by atoms with Crippen LogP contribution in [0.1, 0.15) is 24.1 Å². The zero-order valence-corrected chi connectivity index (χ0v) is 11.8. The van der Waals surface area contributed by atoms with Gasteiger partial charge in [0, 0.05) is 7.11 Å². The van der Waals surface area contributed by atoms with E-state index in [2.05, 4.69) is 5.32 Å². The van der Waals surface area contributed by atoms with E-state index in [0.717, 1.165) is 5.56 Å². The van der Waals surface area contributed by atoms with Crippen LogP contribution in [0, 0.1) is 6.92 Å². The molecule has 1 aromatic rings. The number of halogens is 1. The first-order valence-corrected chi connectivity index (χ1v) is 5.66. The minimum atomic E-state index is -0.618. The number of amides is 1. The van der Waals surface area contributed by atoms with Gasteiger partial charge in [-0.05, 0) is 19.4 Å². The number of carbonyl (C=O) groups excluding carboxylic acids is 1. The van der Waals surface area contributed by atoms with Crippen molar-refractivity contribution in [2.45, 2.75) is 25.9 Å². The average molecular weight is 273 g/mol. The van der Waals surface area contributed by atoms with Gasteiger partial charge >= 0.3 is 0 Å². The monoisotopic (exact) mass is 272 g/mol. The third kappa shape index (κ3) is 5.04. The van der Waals surface area contributed by atoms with E-state index in [1.165, 1.54) is 12.7 Å². The first-order valence-electron chi connectivity index (χ1n) is 5.66. The van der Waals surface area contributed by atoms with Crippen molar-refractivity contribution >= 4 is 18.3 Å². The quantitative estimate of drug-likeness (QED) is 0.855. The lowest BCUT2D eigenvalue weighted by molar-refractivity contribution is -0.124. The molecule has 0 aliphatic rings. The molecule has 0 fully saturated rings. The van der Waals surface area contributed by atoms with Gasteiger partial charge in [-0.25, -0.2) is 0 Å². The predicted octanol–water partition coefficient (Wildman–Crippen LogP) is 1.57. The van der Waals surface area contributed by atoms with Crippen molar-refractivity contribution in [2.75, 3.05) is 13.7 Å². The van der Waals surface area contributed by atoms with Crippen LogP contribution in [-0.2, 0) is 9.53 Å². The van der Waals surface area contributed by atoms with E-state index in [9.17, 15) is 4.79 Å². The smallest absolute Gasteiger partial charge is 0.239 e. The van der Waals surface area contributed by atoms with Gasteiger partial charge in [0.25, 0.3) is 0 Å². The second-order valence-corrected chi connectivity index (χ2v) is 4.20. The SMILES string of the molecule is COCC(N)C(=O)NC(C)c1ccc(C)cc1.Cl. The Morgan fingerprint density at radius 3 is 2.44 bits per heavy atom. The van der Waals surface area contributed by atoms with Crippen molar-refractivity contribution in [1.29, 1.82) is 0 Å². The molecule has 18 heavy (non-hydrogen) atoms. The molecule has 0 radical (unpaired) electrons. The van der Waals surface area contributed by atoms with Crippen LogP contribution in [-0.4, -0.2) is 25.7 Å². The molecule has 0 aliphatic heterocycles. The maximum absolute atomic E-state index is 11.7. The lowest BCUT2D eigenvalue weighted by Crippen LogP contribution is -2.44. The Morgan fingerprint density at radius 1 is 1.39 bits per heavy atom. The van der Waals surface area contributed by atoms with Gasteiger partial charge in [0.15, 0.2) is 0 Å². The summed E-state index contributed by atoms with van der Waals surface area (Å²) < 4.78 is 4.84.